The summed E-state index contributed by atoms with van der Waals surface area (Å²) in [7, 11) is 0. The van der Waals surface area contributed by atoms with Gasteiger partial charge in [-0.2, -0.15) is 4.98 Å². The van der Waals surface area contributed by atoms with E-state index >= 15 is 0 Å². The van der Waals surface area contributed by atoms with E-state index in [2.05, 4.69) is 24.0 Å². The molecule has 0 saturated heterocycles. The molecule has 0 aliphatic heterocycles. The summed E-state index contributed by atoms with van der Waals surface area (Å²) in [5.74, 6) is 0.847. The second kappa shape index (κ2) is 5.21. The fourth-order valence-electron chi connectivity index (χ4n) is 2.63. The predicted octanol–water partition coefficient (Wildman–Crippen LogP) is 2.95. The topological polar surface area (TPSA) is 68.4 Å². The van der Waals surface area contributed by atoms with Gasteiger partial charge < -0.3 is 14.4 Å². The molecular weight excluding hydrogens is 244 g/mol. The summed E-state index contributed by atoms with van der Waals surface area (Å²) in [5, 5.41) is 13.5. The number of rotatable bonds is 4. The van der Waals surface area contributed by atoms with Crippen LogP contribution in [0, 0.1) is 5.41 Å². The number of hydrogen-bond donors (Lipinski definition) is 1. The first-order chi connectivity index (χ1) is 8.88. The lowest BCUT2D eigenvalue weighted by Gasteiger charge is -2.41. The Labute approximate surface area is 114 Å². The number of aromatic nitrogens is 2. The van der Waals surface area contributed by atoms with Crippen LogP contribution in [0.25, 0.3) is 0 Å². The van der Waals surface area contributed by atoms with Crippen LogP contribution in [-0.2, 0) is 10.3 Å². The number of hydrogen-bond acceptors (Lipinski definition) is 5. The zero-order valence-electron chi connectivity index (χ0n) is 12.3. The van der Waals surface area contributed by atoms with Gasteiger partial charge in [-0.05, 0) is 44.9 Å². The Hall–Kier alpha value is -0.940. The van der Waals surface area contributed by atoms with Gasteiger partial charge in [-0.25, -0.2) is 0 Å². The van der Waals surface area contributed by atoms with Crippen LogP contribution in [0.3, 0.4) is 0 Å². The van der Waals surface area contributed by atoms with E-state index in [0.29, 0.717) is 17.8 Å². The van der Waals surface area contributed by atoms with Gasteiger partial charge >= 0.3 is 0 Å². The van der Waals surface area contributed by atoms with Crippen molar-refractivity contribution >= 4 is 0 Å². The van der Waals surface area contributed by atoms with Gasteiger partial charge in [-0.15, -0.1) is 0 Å². The van der Waals surface area contributed by atoms with E-state index in [1.807, 2.05) is 6.92 Å². The molecule has 1 aromatic rings. The first kappa shape index (κ1) is 14.5. The van der Waals surface area contributed by atoms with Crippen LogP contribution in [0.4, 0.5) is 0 Å². The maximum Gasteiger partial charge on any atom is 0.255 e. The molecule has 1 aliphatic carbocycles. The number of aliphatic hydroxyl groups excluding tert-OH is 1. The molecule has 1 fully saturated rings. The van der Waals surface area contributed by atoms with Crippen LogP contribution in [-0.4, -0.2) is 21.9 Å². The lowest BCUT2D eigenvalue weighted by Crippen LogP contribution is -2.38. The molecule has 1 N–H and O–H groups in total. The maximum absolute atomic E-state index is 9.50. The highest BCUT2D eigenvalue weighted by atomic mass is 16.5. The Morgan fingerprint density at radius 1 is 1.32 bits per heavy atom. The molecule has 1 aromatic heterocycles. The molecular formula is C14H24N2O3. The average molecular weight is 268 g/mol. The van der Waals surface area contributed by atoms with E-state index in [1.54, 1.807) is 6.92 Å². The minimum atomic E-state index is -0.736. The molecule has 108 valence electrons. The van der Waals surface area contributed by atoms with Gasteiger partial charge in [0.15, 0.2) is 0 Å². The van der Waals surface area contributed by atoms with Gasteiger partial charge in [0.25, 0.3) is 5.89 Å². The van der Waals surface area contributed by atoms with Crippen molar-refractivity contribution in [2.75, 3.05) is 6.61 Å². The van der Waals surface area contributed by atoms with Gasteiger partial charge in [0.1, 0.15) is 11.7 Å². The van der Waals surface area contributed by atoms with Crippen molar-refractivity contribution in [3.05, 3.63) is 11.7 Å². The van der Waals surface area contributed by atoms with Crippen LogP contribution in [0.15, 0.2) is 4.52 Å². The molecule has 1 atom stereocenters. The van der Waals surface area contributed by atoms with E-state index in [-0.39, 0.29) is 5.89 Å². The fraction of sp³-hybridized carbons (Fsp3) is 0.857. The molecule has 0 spiro atoms. The zero-order valence-corrected chi connectivity index (χ0v) is 12.3. The van der Waals surface area contributed by atoms with Crippen molar-refractivity contribution in [1.82, 2.24) is 10.1 Å². The molecule has 5 nitrogen and oxygen atoms in total. The van der Waals surface area contributed by atoms with E-state index in [9.17, 15) is 5.11 Å². The van der Waals surface area contributed by atoms with Crippen molar-refractivity contribution in [2.24, 2.45) is 5.41 Å². The lowest BCUT2D eigenvalue weighted by atomic mass is 9.70. The average Bonchev–Trinajstić information content (AvgIpc) is 2.83. The first-order valence-electron chi connectivity index (χ1n) is 7.05. The molecule has 5 heteroatoms. The highest BCUT2D eigenvalue weighted by molar-refractivity contribution is 5.05. The number of aliphatic hydroxyl groups is 1. The van der Waals surface area contributed by atoms with Crippen molar-refractivity contribution in [3.8, 4) is 0 Å². The molecule has 0 amide bonds. The molecule has 19 heavy (non-hydrogen) atoms. The lowest BCUT2D eigenvalue weighted by molar-refractivity contribution is -0.0957. The van der Waals surface area contributed by atoms with Gasteiger partial charge in [0.2, 0.25) is 5.82 Å². The second-order valence-corrected chi connectivity index (χ2v) is 6.22. The highest BCUT2D eigenvalue weighted by Crippen LogP contribution is 2.46. The van der Waals surface area contributed by atoms with E-state index in [0.717, 1.165) is 25.7 Å². The smallest absolute Gasteiger partial charge is 0.255 e. The molecule has 0 radical (unpaired) electrons. The Morgan fingerprint density at radius 3 is 2.42 bits per heavy atom. The molecule has 0 aromatic carbocycles. The summed E-state index contributed by atoms with van der Waals surface area (Å²) < 4.78 is 11.1. The third kappa shape index (κ3) is 2.98. The van der Waals surface area contributed by atoms with Crippen molar-refractivity contribution < 1.29 is 14.4 Å². The maximum atomic E-state index is 9.50. The molecule has 1 unspecified atom stereocenters. The minimum absolute atomic E-state index is 0.263. The summed E-state index contributed by atoms with van der Waals surface area (Å²) in [6, 6.07) is 0. The normalized spacial score (nSPS) is 23.2. The third-order valence-corrected chi connectivity index (χ3v) is 4.04. The summed E-state index contributed by atoms with van der Waals surface area (Å²) >= 11 is 0. The van der Waals surface area contributed by atoms with Gasteiger partial charge in [-0.3, -0.25) is 0 Å². The van der Waals surface area contributed by atoms with Crippen molar-refractivity contribution in [3.63, 3.8) is 0 Å². The standard InChI is InChI=1S/C14H24N2O3/c1-5-18-14(8-6-13(3,4)7-9-14)12-15-11(10(2)17)19-16-12/h10,17H,5-9H2,1-4H3. The SMILES string of the molecule is CCOC1(c2noc(C(C)O)n2)CCC(C)(C)CC1. The van der Waals surface area contributed by atoms with Crippen LogP contribution < -0.4 is 0 Å². The third-order valence-electron chi connectivity index (χ3n) is 4.04. The molecule has 1 saturated carbocycles. The molecule has 2 rings (SSSR count). The van der Waals surface area contributed by atoms with Crippen LogP contribution in [0.5, 0.6) is 0 Å². The molecule has 0 bridgehead atoms. The van der Waals surface area contributed by atoms with Crippen molar-refractivity contribution in [2.45, 2.75) is 65.1 Å². The van der Waals surface area contributed by atoms with Crippen molar-refractivity contribution in [1.29, 1.82) is 0 Å². The van der Waals surface area contributed by atoms with E-state index < -0.39 is 11.7 Å². The Morgan fingerprint density at radius 2 is 1.95 bits per heavy atom. The summed E-state index contributed by atoms with van der Waals surface area (Å²) in [6.07, 6.45) is 3.20. The monoisotopic (exact) mass is 268 g/mol. The quantitative estimate of drug-likeness (QED) is 0.909. The predicted molar refractivity (Wildman–Crippen MR) is 70.5 cm³/mol. The zero-order chi connectivity index (χ0) is 14.1. The van der Waals surface area contributed by atoms with E-state index in [4.69, 9.17) is 9.26 Å². The Kier molecular flexibility index (Phi) is 3.97. The highest BCUT2D eigenvalue weighted by Gasteiger charge is 2.43. The Bertz CT molecular complexity index is 416. The molecule has 1 heterocycles. The van der Waals surface area contributed by atoms with Crippen LogP contribution in [0.2, 0.25) is 0 Å². The van der Waals surface area contributed by atoms with E-state index in [1.165, 1.54) is 0 Å². The Balaban J connectivity index is 2.24. The summed E-state index contributed by atoms with van der Waals surface area (Å²) in [6.45, 7) is 8.78. The first-order valence-corrected chi connectivity index (χ1v) is 7.05. The largest absolute Gasteiger partial charge is 0.384 e. The van der Waals surface area contributed by atoms with Gasteiger partial charge in [0.05, 0.1) is 0 Å². The molecule has 1 aliphatic rings. The van der Waals surface area contributed by atoms with Crippen LogP contribution >= 0.6 is 0 Å². The van der Waals surface area contributed by atoms with Crippen LogP contribution in [0.1, 0.15) is 71.2 Å². The summed E-state index contributed by atoms with van der Waals surface area (Å²) in [4.78, 5) is 4.32. The number of ether oxygens (including phenoxy) is 1. The van der Waals surface area contributed by atoms with Gasteiger partial charge in [-0.1, -0.05) is 19.0 Å². The summed E-state index contributed by atoms with van der Waals surface area (Å²) in [5.41, 5.74) is -0.0989. The fourth-order valence-corrected chi connectivity index (χ4v) is 2.63. The number of nitrogens with zero attached hydrogens (tertiary/aromatic N) is 2. The second-order valence-electron chi connectivity index (χ2n) is 6.22. The van der Waals surface area contributed by atoms with Gasteiger partial charge in [0, 0.05) is 6.61 Å². The minimum Gasteiger partial charge on any atom is -0.384 e.